The zero-order valence-electron chi connectivity index (χ0n) is 21.0. The lowest BCUT2D eigenvalue weighted by atomic mass is 9.83. The van der Waals surface area contributed by atoms with Crippen molar-refractivity contribution in [3.05, 3.63) is 107 Å². The number of piperidine rings is 1. The van der Waals surface area contributed by atoms with Gasteiger partial charge in [0, 0.05) is 32.6 Å². The number of carbonyl (C=O) groups is 1. The van der Waals surface area contributed by atoms with E-state index in [1.54, 1.807) is 0 Å². The molecule has 2 heterocycles. The van der Waals surface area contributed by atoms with Crippen LogP contribution in [0.2, 0.25) is 0 Å². The summed E-state index contributed by atoms with van der Waals surface area (Å²) < 4.78 is 0. The monoisotopic (exact) mass is 466 g/mol. The molecule has 0 bridgehead atoms. The van der Waals surface area contributed by atoms with Crippen LogP contribution in [0.4, 0.5) is 0 Å². The normalized spacial score (nSPS) is 19.7. The zero-order valence-corrected chi connectivity index (χ0v) is 21.0. The van der Waals surface area contributed by atoms with E-state index in [1.807, 2.05) is 0 Å². The molecule has 0 N–H and O–H groups in total. The highest BCUT2D eigenvalue weighted by Gasteiger charge is 2.31. The fraction of sp³-hybridized carbons (Fsp3) is 0.406. The molecule has 2 aliphatic rings. The van der Waals surface area contributed by atoms with E-state index in [2.05, 4.69) is 95.6 Å². The lowest BCUT2D eigenvalue weighted by Crippen LogP contribution is -2.35. The van der Waals surface area contributed by atoms with Gasteiger partial charge < -0.3 is 0 Å². The van der Waals surface area contributed by atoms with Crippen molar-refractivity contribution in [2.24, 2.45) is 5.92 Å². The summed E-state index contributed by atoms with van der Waals surface area (Å²) in [5, 5.41) is 0. The largest absolute Gasteiger partial charge is 0.299 e. The molecular formula is C32H38N2O. The molecule has 0 amide bonds. The van der Waals surface area contributed by atoms with Crippen LogP contribution >= 0.6 is 0 Å². The van der Waals surface area contributed by atoms with E-state index in [4.69, 9.17) is 0 Å². The number of hydrogen-bond acceptors (Lipinski definition) is 3. The van der Waals surface area contributed by atoms with Crippen molar-refractivity contribution in [1.29, 1.82) is 0 Å². The molecule has 0 aromatic heterocycles. The molecule has 35 heavy (non-hydrogen) atoms. The van der Waals surface area contributed by atoms with Gasteiger partial charge in [0.1, 0.15) is 5.78 Å². The number of Topliss-reactive ketones (excluding diaryl/α,β-unsaturated/α-hetero) is 1. The number of rotatable bonds is 7. The molecule has 3 aromatic carbocycles. The van der Waals surface area contributed by atoms with Gasteiger partial charge >= 0.3 is 0 Å². The summed E-state index contributed by atoms with van der Waals surface area (Å²) in [5.41, 5.74) is 6.65. The minimum Gasteiger partial charge on any atom is -0.299 e. The number of aryl methyl sites for hydroxylation is 1. The first-order valence-electron chi connectivity index (χ1n) is 13.3. The molecule has 3 aromatic rings. The van der Waals surface area contributed by atoms with Gasteiger partial charge in [0.15, 0.2) is 0 Å². The van der Waals surface area contributed by atoms with E-state index < -0.39 is 0 Å². The van der Waals surface area contributed by atoms with E-state index in [-0.39, 0.29) is 5.92 Å². The molecule has 182 valence electrons. The van der Waals surface area contributed by atoms with Gasteiger partial charge in [-0.25, -0.2) is 0 Å². The average molecular weight is 467 g/mol. The molecule has 3 heteroatoms. The molecule has 0 aliphatic carbocycles. The van der Waals surface area contributed by atoms with Crippen LogP contribution in [0.1, 0.15) is 53.0 Å². The molecule has 3 nitrogen and oxygen atoms in total. The van der Waals surface area contributed by atoms with Crippen molar-refractivity contribution >= 4 is 5.78 Å². The summed E-state index contributed by atoms with van der Waals surface area (Å²) in [6.07, 6.45) is 3.99. The molecule has 1 unspecified atom stereocenters. The Morgan fingerprint density at radius 2 is 1.43 bits per heavy atom. The Labute approximate surface area is 210 Å². The fourth-order valence-electron chi connectivity index (χ4n) is 5.82. The van der Waals surface area contributed by atoms with Crippen LogP contribution in [0.3, 0.4) is 0 Å². The molecule has 0 radical (unpaired) electrons. The number of fused-ring (bicyclic) bond motifs is 1. The first kappa shape index (κ1) is 24.0. The second-order valence-corrected chi connectivity index (χ2v) is 10.6. The summed E-state index contributed by atoms with van der Waals surface area (Å²) in [5.74, 6) is 0.937. The van der Waals surface area contributed by atoms with Crippen LogP contribution in [-0.2, 0) is 24.3 Å². The number of likely N-dealkylation sites (tertiary alicyclic amines) is 1. The van der Waals surface area contributed by atoms with Crippen molar-refractivity contribution in [2.75, 3.05) is 26.2 Å². The van der Waals surface area contributed by atoms with Crippen LogP contribution in [0.15, 0.2) is 78.9 Å². The molecule has 2 aliphatic heterocycles. The topological polar surface area (TPSA) is 23.6 Å². The lowest BCUT2D eigenvalue weighted by Gasteiger charge is -2.32. The van der Waals surface area contributed by atoms with Crippen LogP contribution in [0.5, 0.6) is 0 Å². The highest BCUT2D eigenvalue weighted by Crippen LogP contribution is 2.31. The maximum atomic E-state index is 13.7. The predicted molar refractivity (Wildman–Crippen MR) is 143 cm³/mol. The molecule has 0 spiro atoms. The van der Waals surface area contributed by atoms with Crippen LogP contribution in [0, 0.1) is 12.8 Å². The van der Waals surface area contributed by atoms with Crippen molar-refractivity contribution in [2.45, 2.75) is 51.6 Å². The summed E-state index contributed by atoms with van der Waals surface area (Å²) in [6.45, 7) is 8.09. The number of carbonyl (C=O) groups excluding carboxylic acids is 1. The SMILES string of the molecule is Cc1ccc(CN2CCC(CC(=O)C3CN(Cc4ccccc4)CCc4ccccc43)CC2)cc1. The number of ketones is 1. The van der Waals surface area contributed by atoms with E-state index in [0.29, 0.717) is 11.7 Å². The van der Waals surface area contributed by atoms with Gasteiger partial charge in [-0.05, 0) is 67.4 Å². The third-order valence-corrected chi connectivity index (χ3v) is 7.93. The fourth-order valence-corrected chi connectivity index (χ4v) is 5.82. The third kappa shape index (κ3) is 6.28. The van der Waals surface area contributed by atoms with Gasteiger partial charge in [0.2, 0.25) is 0 Å². The van der Waals surface area contributed by atoms with E-state index >= 15 is 0 Å². The summed E-state index contributed by atoms with van der Waals surface area (Å²) in [4.78, 5) is 18.8. The molecule has 1 saturated heterocycles. The van der Waals surface area contributed by atoms with Gasteiger partial charge in [-0.2, -0.15) is 0 Å². The van der Waals surface area contributed by atoms with E-state index in [0.717, 1.165) is 65.0 Å². The minimum atomic E-state index is -0.0111. The second-order valence-electron chi connectivity index (χ2n) is 10.6. The van der Waals surface area contributed by atoms with E-state index in [1.165, 1.54) is 27.8 Å². The molecule has 1 fully saturated rings. The molecular weight excluding hydrogens is 428 g/mol. The lowest BCUT2D eigenvalue weighted by molar-refractivity contribution is -0.122. The Morgan fingerprint density at radius 3 is 2.20 bits per heavy atom. The first-order chi connectivity index (χ1) is 17.1. The maximum Gasteiger partial charge on any atom is 0.141 e. The van der Waals surface area contributed by atoms with Crippen molar-refractivity contribution < 1.29 is 4.79 Å². The van der Waals surface area contributed by atoms with Crippen molar-refractivity contribution in [3.63, 3.8) is 0 Å². The van der Waals surface area contributed by atoms with E-state index in [9.17, 15) is 4.79 Å². The third-order valence-electron chi connectivity index (χ3n) is 7.93. The standard InChI is InChI=1S/C32H38N2O/c1-25-11-13-28(14-12-25)22-33-18-15-26(16-19-33)21-32(35)31-24-34(23-27-7-3-2-4-8-27)20-17-29-9-5-6-10-30(29)31/h2-14,26,31H,15-24H2,1H3. The second kappa shape index (κ2) is 11.3. The maximum absolute atomic E-state index is 13.7. The Kier molecular flexibility index (Phi) is 7.75. The Balaban J connectivity index is 1.21. The van der Waals surface area contributed by atoms with Crippen molar-refractivity contribution in [1.82, 2.24) is 9.80 Å². The smallest absolute Gasteiger partial charge is 0.141 e. The van der Waals surface area contributed by atoms with Crippen LogP contribution < -0.4 is 0 Å². The predicted octanol–water partition coefficient (Wildman–Crippen LogP) is 6.01. The molecule has 5 rings (SSSR count). The minimum absolute atomic E-state index is 0.0111. The van der Waals surface area contributed by atoms with Gasteiger partial charge in [-0.15, -0.1) is 0 Å². The average Bonchev–Trinajstić information content (AvgIpc) is 3.07. The van der Waals surface area contributed by atoms with Crippen molar-refractivity contribution in [3.8, 4) is 0 Å². The Morgan fingerprint density at radius 1 is 0.771 bits per heavy atom. The summed E-state index contributed by atoms with van der Waals surface area (Å²) >= 11 is 0. The summed E-state index contributed by atoms with van der Waals surface area (Å²) in [7, 11) is 0. The Bertz CT molecular complexity index is 1100. The van der Waals surface area contributed by atoms with Crippen LogP contribution in [-0.4, -0.2) is 41.8 Å². The first-order valence-corrected chi connectivity index (χ1v) is 13.3. The quantitative estimate of drug-likeness (QED) is 0.426. The highest BCUT2D eigenvalue weighted by atomic mass is 16.1. The van der Waals surface area contributed by atoms with Crippen LogP contribution in [0.25, 0.3) is 0 Å². The van der Waals surface area contributed by atoms with Gasteiger partial charge in [-0.3, -0.25) is 14.6 Å². The zero-order chi connectivity index (χ0) is 24.0. The number of benzene rings is 3. The summed E-state index contributed by atoms with van der Waals surface area (Å²) in [6, 6.07) is 28.2. The molecule has 0 saturated carbocycles. The van der Waals surface area contributed by atoms with Gasteiger partial charge in [-0.1, -0.05) is 84.4 Å². The molecule has 1 atom stereocenters. The number of hydrogen-bond donors (Lipinski definition) is 0. The number of nitrogens with zero attached hydrogens (tertiary/aromatic N) is 2. The van der Waals surface area contributed by atoms with Gasteiger partial charge in [0.25, 0.3) is 0 Å². The highest BCUT2D eigenvalue weighted by molar-refractivity contribution is 5.86. The Hall–Kier alpha value is -2.75. The van der Waals surface area contributed by atoms with Gasteiger partial charge in [0.05, 0.1) is 5.92 Å².